The van der Waals surface area contributed by atoms with Crippen molar-refractivity contribution in [2.24, 2.45) is 5.73 Å². The Hall–Kier alpha value is -2.13. The van der Waals surface area contributed by atoms with Crippen LogP contribution in [0.1, 0.15) is 18.7 Å². The van der Waals surface area contributed by atoms with Crippen molar-refractivity contribution in [2.45, 2.75) is 13.0 Å². The van der Waals surface area contributed by atoms with Gasteiger partial charge in [0.05, 0.1) is 11.4 Å². The van der Waals surface area contributed by atoms with Crippen molar-refractivity contribution < 1.29 is 0 Å². The van der Waals surface area contributed by atoms with E-state index in [0.717, 1.165) is 22.6 Å². The van der Waals surface area contributed by atoms with Gasteiger partial charge in [-0.05, 0) is 19.1 Å². The van der Waals surface area contributed by atoms with Gasteiger partial charge in [0.1, 0.15) is 5.65 Å². The normalized spacial score (nSPS) is 12.8. The second-order valence-electron chi connectivity index (χ2n) is 4.43. The molecule has 18 heavy (non-hydrogen) atoms. The SMILES string of the molecule is CC(N)c1nc2ccccn2c1-c1ccccc1. The lowest BCUT2D eigenvalue weighted by Crippen LogP contribution is -2.07. The Bertz CT molecular complexity index is 669. The standard InChI is InChI=1S/C15H15N3/c1-11(16)14-15(12-7-3-2-4-8-12)18-10-6-5-9-13(18)17-14/h2-11H,16H2,1H3. The van der Waals surface area contributed by atoms with Gasteiger partial charge in [-0.1, -0.05) is 36.4 Å². The van der Waals surface area contributed by atoms with Crippen molar-refractivity contribution >= 4 is 5.65 Å². The Labute approximate surface area is 106 Å². The van der Waals surface area contributed by atoms with Gasteiger partial charge in [-0.15, -0.1) is 0 Å². The molecule has 0 amide bonds. The molecule has 0 spiro atoms. The Kier molecular flexibility index (Phi) is 2.61. The van der Waals surface area contributed by atoms with Gasteiger partial charge in [0.15, 0.2) is 0 Å². The third kappa shape index (κ3) is 1.69. The van der Waals surface area contributed by atoms with Crippen LogP contribution in [0.2, 0.25) is 0 Å². The molecule has 3 heteroatoms. The molecule has 0 bridgehead atoms. The lowest BCUT2D eigenvalue weighted by atomic mass is 10.1. The van der Waals surface area contributed by atoms with Gasteiger partial charge in [-0.3, -0.25) is 4.40 Å². The minimum absolute atomic E-state index is 0.0832. The van der Waals surface area contributed by atoms with Crippen LogP contribution < -0.4 is 5.73 Å². The highest BCUT2D eigenvalue weighted by atomic mass is 15.0. The molecule has 2 aromatic heterocycles. The number of imidazole rings is 1. The summed E-state index contributed by atoms with van der Waals surface area (Å²) < 4.78 is 2.09. The molecule has 0 aliphatic heterocycles. The molecule has 1 aromatic carbocycles. The van der Waals surface area contributed by atoms with Crippen LogP contribution in [0.25, 0.3) is 16.9 Å². The molecule has 90 valence electrons. The quantitative estimate of drug-likeness (QED) is 0.744. The lowest BCUT2D eigenvalue weighted by Gasteiger charge is -2.07. The highest BCUT2D eigenvalue weighted by molar-refractivity contribution is 5.67. The average molecular weight is 237 g/mol. The number of fused-ring (bicyclic) bond motifs is 1. The van der Waals surface area contributed by atoms with E-state index in [1.54, 1.807) is 0 Å². The molecule has 2 N–H and O–H groups in total. The van der Waals surface area contributed by atoms with Crippen LogP contribution in [-0.4, -0.2) is 9.38 Å². The Morgan fingerprint density at radius 1 is 1.06 bits per heavy atom. The molecule has 0 fully saturated rings. The molecule has 3 rings (SSSR count). The van der Waals surface area contributed by atoms with Crippen molar-refractivity contribution in [3.8, 4) is 11.3 Å². The predicted octanol–water partition coefficient (Wildman–Crippen LogP) is 3.02. The zero-order valence-electron chi connectivity index (χ0n) is 10.2. The van der Waals surface area contributed by atoms with Gasteiger partial charge in [0.25, 0.3) is 0 Å². The van der Waals surface area contributed by atoms with Gasteiger partial charge >= 0.3 is 0 Å². The number of pyridine rings is 1. The molecule has 0 radical (unpaired) electrons. The second kappa shape index (κ2) is 4.27. The van der Waals surface area contributed by atoms with E-state index in [4.69, 9.17) is 5.73 Å². The van der Waals surface area contributed by atoms with Crippen LogP contribution in [0.3, 0.4) is 0 Å². The molecule has 1 unspecified atom stereocenters. The summed E-state index contributed by atoms with van der Waals surface area (Å²) in [4.78, 5) is 4.63. The van der Waals surface area contributed by atoms with Crippen LogP contribution in [0.4, 0.5) is 0 Å². The van der Waals surface area contributed by atoms with E-state index in [2.05, 4.69) is 21.5 Å². The van der Waals surface area contributed by atoms with Crippen LogP contribution >= 0.6 is 0 Å². The molecule has 2 heterocycles. The first kappa shape index (κ1) is 11.0. The first-order chi connectivity index (χ1) is 8.77. The molecule has 0 aliphatic rings. The summed E-state index contributed by atoms with van der Waals surface area (Å²) in [6, 6.07) is 16.2. The highest BCUT2D eigenvalue weighted by Gasteiger charge is 2.16. The fourth-order valence-corrected chi connectivity index (χ4v) is 2.21. The van der Waals surface area contributed by atoms with E-state index in [1.165, 1.54) is 0 Å². The molecule has 1 atom stereocenters. The summed E-state index contributed by atoms with van der Waals surface area (Å²) in [5.74, 6) is 0. The highest BCUT2D eigenvalue weighted by Crippen LogP contribution is 2.28. The van der Waals surface area contributed by atoms with Crippen molar-refractivity contribution in [3.05, 3.63) is 60.4 Å². The maximum atomic E-state index is 6.04. The zero-order valence-corrected chi connectivity index (χ0v) is 10.2. The van der Waals surface area contributed by atoms with Gasteiger partial charge < -0.3 is 5.73 Å². The first-order valence-electron chi connectivity index (χ1n) is 6.05. The Morgan fingerprint density at radius 3 is 2.50 bits per heavy atom. The van der Waals surface area contributed by atoms with Crippen molar-refractivity contribution in [2.75, 3.05) is 0 Å². The molecule has 0 saturated heterocycles. The maximum absolute atomic E-state index is 6.04. The third-order valence-electron chi connectivity index (χ3n) is 3.04. The monoisotopic (exact) mass is 237 g/mol. The largest absolute Gasteiger partial charge is 0.323 e. The minimum atomic E-state index is -0.0832. The fraction of sp³-hybridized carbons (Fsp3) is 0.133. The van der Waals surface area contributed by atoms with E-state index >= 15 is 0 Å². The molecule has 3 nitrogen and oxygen atoms in total. The molecule has 0 aliphatic carbocycles. The molecule has 0 saturated carbocycles. The van der Waals surface area contributed by atoms with E-state index in [9.17, 15) is 0 Å². The van der Waals surface area contributed by atoms with Crippen LogP contribution in [-0.2, 0) is 0 Å². The first-order valence-corrected chi connectivity index (χ1v) is 6.05. The fourth-order valence-electron chi connectivity index (χ4n) is 2.21. The summed E-state index contributed by atoms with van der Waals surface area (Å²) >= 11 is 0. The number of hydrogen-bond acceptors (Lipinski definition) is 2. The Balaban J connectivity index is 2.35. The van der Waals surface area contributed by atoms with Crippen molar-refractivity contribution in [1.82, 2.24) is 9.38 Å². The topological polar surface area (TPSA) is 43.3 Å². The molecular formula is C15H15N3. The maximum Gasteiger partial charge on any atom is 0.137 e. The number of nitrogens with zero attached hydrogens (tertiary/aromatic N) is 2. The summed E-state index contributed by atoms with van der Waals surface area (Å²) in [6.07, 6.45) is 2.02. The number of nitrogens with two attached hydrogens (primary N) is 1. The Morgan fingerprint density at radius 2 is 1.78 bits per heavy atom. The third-order valence-corrected chi connectivity index (χ3v) is 3.04. The second-order valence-corrected chi connectivity index (χ2v) is 4.43. The molecule has 3 aromatic rings. The van der Waals surface area contributed by atoms with Crippen molar-refractivity contribution in [3.63, 3.8) is 0 Å². The molecular weight excluding hydrogens is 222 g/mol. The number of rotatable bonds is 2. The smallest absolute Gasteiger partial charge is 0.137 e. The van der Waals surface area contributed by atoms with E-state index < -0.39 is 0 Å². The van der Waals surface area contributed by atoms with Crippen molar-refractivity contribution in [1.29, 1.82) is 0 Å². The van der Waals surface area contributed by atoms with E-state index in [1.807, 2.05) is 49.5 Å². The lowest BCUT2D eigenvalue weighted by molar-refractivity contribution is 0.793. The summed E-state index contributed by atoms with van der Waals surface area (Å²) in [5, 5.41) is 0. The zero-order chi connectivity index (χ0) is 12.5. The predicted molar refractivity (Wildman–Crippen MR) is 73.2 cm³/mol. The van der Waals surface area contributed by atoms with Gasteiger partial charge in [0.2, 0.25) is 0 Å². The van der Waals surface area contributed by atoms with Gasteiger partial charge in [-0.2, -0.15) is 0 Å². The van der Waals surface area contributed by atoms with Crippen LogP contribution in [0.15, 0.2) is 54.7 Å². The van der Waals surface area contributed by atoms with Gasteiger partial charge in [0, 0.05) is 17.8 Å². The van der Waals surface area contributed by atoms with Crippen LogP contribution in [0.5, 0.6) is 0 Å². The van der Waals surface area contributed by atoms with E-state index in [0.29, 0.717) is 0 Å². The number of aromatic nitrogens is 2. The number of hydrogen-bond donors (Lipinski definition) is 1. The minimum Gasteiger partial charge on any atom is -0.323 e. The summed E-state index contributed by atoms with van der Waals surface area (Å²) in [5.41, 5.74) is 10.1. The van der Waals surface area contributed by atoms with E-state index in [-0.39, 0.29) is 6.04 Å². The average Bonchev–Trinajstić information content (AvgIpc) is 2.79. The summed E-state index contributed by atoms with van der Waals surface area (Å²) in [7, 11) is 0. The van der Waals surface area contributed by atoms with Crippen LogP contribution in [0, 0.1) is 0 Å². The summed E-state index contributed by atoms with van der Waals surface area (Å²) in [6.45, 7) is 1.97. The van der Waals surface area contributed by atoms with Gasteiger partial charge in [-0.25, -0.2) is 4.98 Å². The number of benzene rings is 1.